The summed E-state index contributed by atoms with van der Waals surface area (Å²) in [5.41, 5.74) is 2.50. The normalized spacial score (nSPS) is 18.7. The molecule has 2 fully saturated rings. The molecule has 1 saturated heterocycles. The minimum absolute atomic E-state index is 0.100. The summed E-state index contributed by atoms with van der Waals surface area (Å²) >= 11 is 0. The number of amides is 2. The minimum Gasteiger partial charge on any atom is -0.336 e. The third-order valence-corrected chi connectivity index (χ3v) is 4.66. The van der Waals surface area contributed by atoms with Crippen LogP contribution in [-0.2, 0) is 22.4 Å². The molecule has 118 valence electrons. The summed E-state index contributed by atoms with van der Waals surface area (Å²) in [7, 11) is 0. The largest absolute Gasteiger partial charge is 0.336 e. The summed E-state index contributed by atoms with van der Waals surface area (Å²) in [5, 5.41) is 0. The summed E-state index contributed by atoms with van der Waals surface area (Å²) in [4.78, 5) is 28.0. The molecular weight excluding hydrogens is 276 g/mol. The van der Waals surface area contributed by atoms with E-state index in [1.807, 2.05) is 4.90 Å². The Morgan fingerprint density at radius 1 is 1.14 bits per heavy atom. The quantitative estimate of drug-likeness (QED) is 0.834. The van der Waals surface area contributed by atoms with Crippen molar-refractivity contribution in [1.29, 1.82) is 0 Å². The lowest BCUT2D eigenvalue weighted by Crippen LogP contribution is -2.52. The van der Waals surface area contributed by atoms with Gasteiger partial charge in [-0.1, -0.05) is 31.2 Å². The van der Waals surface area contributed by atoms with E-state index in [-0.39, 0.29) is 18.4 Å². The van der Waals surface area contributed by atoms with Crippen molar-refractivity contribution in [2.24, 2.45) is 0 Å². The van der Waals surface area contributed by atoms with Crippen molar-refractivity contribution in [3.05, 3.63) is 35.4 Å². The van der Waals surface area contributed by atoms with Crippen molar-refractivity contribution < 1.29 is 9.59 Å². The molecule has 4 heteroatoms. The molecular formula is C18H24N2O2. The molecule has 22 heavy (non-hydrogen) atoms. The van der Waals surface area contributed by atoms with E-state index in [1.54, 1.807) is 4.90 Å². The van der Waals surface area contributed by atoms with E-state index in [2.05, 4.69) is 31.2 Å². The fourth-order valence-electron chi connectivity index (χ4n) is 3.02. The van der Waals surface area contributed by atoms with E-state index in [1.165, 1.54) is 11.1 Å². The number of hydrogen-bond acceptors (Lipinski definition) is 2. The van der Waals surface area contributed by atoms with E-state index in [4.69, 9.17) is 0 Å². The predicted molar refractivity (Wildman–Crippen MR) is 85.5 cm³/mol. The fourth-order valence-corrected chi connectivity index (χ4v) is 3.02. The maximum absolute atomic E-state index is 12.3. The van der Waals surface area contributed by atoms with Gasteiger partial charge in [-0.25, -0.2) is 0 Å². The van der Waals surface area contributed by atoms with Gasteiger partial charge in [0.1, 0.15) is 0 Å². The molecule has 1 aliphatic heterocycles. The highest BCUT2D eigenvalue weighted by Crippen LogP contribution is 2.28. The first-order valence-corrected chi connectivity index (χ1v) is 8.32. The second kappa shape index (κ2) is 6.51. The summed E-state index contributed by atoms with van der Waals surface area (Å²) in [6, 6.07) is 8.90. The maximum atomic E-state index is 12.3. The Labute approximate surface area is 132 Å². The summed E-state index contributed by atoms with van der Waals surface area (Å²) in [6.45, 7) is 3.80. The van der Waals surface area contributed by atoms with E-state index in [0.717, 1.165) is 25.7 Å². The molecule has 1 aromatic rings. The Bertz CT molecular complexity index is 549. The van der Waals surface area contributed by atoms with Gasteiger partial charge in [-0.2, -0.15) is 0 Å². The molecule has 1 saturated carbocycles. The lowest BCUT2D eigenvalue weighted by Gasteiger charge is -2.34. The van der Waals surface area contributed by atoms with Crippen LogP contribution in [0, 0.1) is 0 Å². The third kappa shape index (κ3) is 3.49. The number of benzene rings is 1. The van der Waals surface area contributed by atoms with Gasteiger partial charge < -0.3 is 9.80 Å². The van der Waals surface area contributed by atoms with Crippen molar-refractivity contribution in [3.63, 3.8) is 0 Å². The van der Waals surface area contributed by atoms with Gasteiger partial charge in [0.2, 0.25) is 11.8 Å². The molecule has 0 bridgehead atoms. The van der Waals surface area contributed by atoms with Crippen LogP contribution in [-0.4, -0.2) is 47.3 Å². The van der Waals surface area contributed by atoms with Gasteiger partial charge in [0.05, 0.1) is 6.54 Å². The Morgan fingerprint density at radius 3 is 2.41 bits per heavy atom. The lowest BCUT2D eigenvalue weighted by atomic mass is 10.1. The molecule has 2 amide bonds. The predicted octanol–water partition coefficient (Wildman–Crippen LogP) is 2.01. The van der Waals surface area contributed by atoms with Crippen LogP contribution < -0.4 is 0 Å². The minimum atomic E-state index is 0.100. The van der Waals surface area contributed by atoms with Crippen molar-refractivity contribution >= 4 is 11.8 Å². The first-order valence-electron chi connectivity index (χ1n) is 8.32. The van der Waals surface area contributed by atoms with E-state index in [0.29, 0.717) is 25.6 Å². The number of nitrogens with zero attached hydrogens (tertiary/aromatic N) is 2. The maximum Gasteiger partial charge on any atom is 0.242 e. The van der Waals surface area contributed by atoms with Crippen LogP contribution in [0.5, 0.6) is 0 Å². The van der Waals surface area contributed by atoms with Gasteiger partial charge in [-0.15, -0.1) is 0 Å². The van der Waals surface area contributed by atoms with Gasteiger partial charge in [-0.05, 0) is 36.8 Å². The van der Waals surface area contributed by atoms with Crippen LogP contribution in [0.4, 0.5) is 0 Å². The summed E-state index contributed by atoms with van der Waals surface area (Å²) in [5.74, 6) is 0.220. The number of aryl methyl sites for hydroxylation is 2. The van der Waals surface area contributed by atoms with E-state index in [9.17, 15) is 9.59 Å². The van der Waals surface area contributed by atoms with Crippen molar-refractivity contribution in [1.82, 2.24) is 9.80 Å². The lowest BCUT2D eigenvalue weighted by molar-refractivity contribution is -0.145. The smallest absolute Gasteiger partial charge is 0.242 e. The summed E-state index contributed by atoms with van der Waals surface area (Å²) < 4.78 is 0. The number of hydrogen-bond donors (Lipinski definition) is 0. The highest BCUT2D eigenvalue weighted by atomic mass is 16.2. The van der Waals surface area contributed by atoms with Crippen LogP contribution in [0.1, 0.15) is 37.3 Å². The average molecular weight is 300 g/mol. The second-order valence-electron chi connectivity index (χ2n) is 6.30. The molecule has 4 nitrogen and oxygen atoms in total. The summed E-state index contributed by atoms with van der Waals surface area (Å²) in [6.07, 6.45) is 4.54. The second-order valence-corrected chi connectivity index (χ2v) is 6.30. The standard InChI is InChI=1S/C18H24N2O2/c1-2-14-3-5-15(6-4-14)7-10-17(21)19-11-12-20(16-8-9-16)18(22)13-19/h3-6,16H,2,7-13H2,1H3. The van der Waals surface area contributed by atoms with Crippen LogP contribution in [0.15, 0.2) is 24.3 Å². The highest BCUT2D eigenvalue weighted by molar-refractivity contribution is 5.86. The van der Waals surface area contributed by atoms with Crippen LogP contribution in [0.2, 0.25) is 0 Å². The van der Waals surface area contributed by atoms with E-state index >= 15 is 0 Å². The fraction of sp³-hybridized carbons (Fsp3) is 0.556. The average Bonchev–Trinajstić information content (AvgIpc) is 3.37. The molecule has 0 atom stereocenters. The van der Waals surface area contributed by atoms with Crippen LogP contribution in [0.3, 0.4) is 0 Å². The SMILES string of the molecule is CCc1ccc(CCC(=O)N2CCN(C3CC3)C(=O)C2)cc1. The highest BCUT2D eigenvalue weighted by Gasteiger charge is 2.36. The Kier molecular flexibility index (Phi) is 4.46. The van der Waals surface area contributed by atoms with Gasteiger partial charge in [0.15, 0.2) is 0 Å². The van der Waals surface area contributed by atoms with Crippen molar-refractivity contribution in [2.75, 3.05) is 19.6 Å². The Balaban J connectivity index is 1.48. The number of carbonyl (C=O) groups is 2. The molecule has 1 aliphatic carbocycles. The number of rotatable bonds is 5. The first-order chi connectivity index (χ1) is 10.7. The van der Waals surface area contributed by atoms with Crippen molar-refractivity contribution in [2.45, 2.75) is 45.1 Å². The van der Waals surface area contributed by atoms with Gasteiger partial charge in [0.25, 0.3) is 0 Å². The monoisotopic (exact) mass is 300 g/mol. The molecule has 0 unspecified atom stereocenters. The van der Waals surface area contributed by atoms with E-state index < -0.39 is 0 Å². The topological polar surface area (TPSA) is 40.6 Å². The third-order valence-electron chi connectivity index (χ3n) is 4.66. The molecule has 1 aromatic carbocycles. The molecule has 0 N–H and O–H groups in total. The zero-order chi connectivity index (χ0) is 15.5. The molecule has 0 radical (unpaired) electrons. The molecule has 3 rings (SSSR count). The van der Waals surface area contributed by atoms with Gasteiger partial charge in [-0.3, -0.25) is 9.59 Å². The Morgan fingerprint density at radius 2 is 1.82 bits per heavy atom. The van der Waals surface area contributed by atoms with Gasteiger partial charge >= 0.3 is 0 Å². The molecule has 1 heterocycles. The molecule has 0 aromatic heterocycles. The first kappa shape index (κ1) is 15.1. The van der Waals surface area contributed by atoms with Crippen LogP contribution in [0.25, 0.3) is 0 Å². The molecule has 2 aliphatic rings. The Hall–Kier alpha value is -1.84. The number of piperazine rings is 1. The zero-order valence-corrected chi connectivity index (χ0v) is 13.3. The van der Waals surface area contributed by atoms with Gasteiger partial charge in [0, 0.05) is 25.6 Å². The van der Waals surface area contributed by atoms with Crippen molar-refractivity contribution in [3.8, 4) is 0 Å². The molecule has 0 spiro atoms. The zero-order valence-electron chi connectivity index (χ0n) is 13.3. The van der Waals surface area contributed by atoms with Crippen LogP contribution >= 0.6 is 0 Å². The number of carbonyl (C=O) groups excluding carboxylic acids is 2.